The normalized spacial score (nSPS) is 15.5. The molecule has 22 heavy (non-hydrogen) atoms. The zero-order valence-corrected chi connectivity index (χ0v) is 12.3. The maximum absolute atomic E-state index is 12.1. The molecule has 2 aromatic heterocycles. The molecule has 0 bridgehead atoms. The second-order valence-corrected chi connectivity index (χ2v) is 5.51. The molecule has 0 unspecified atom stereocenters. The van der Waals surface area contributed by atoms with Crippen molar-refractivity contribution < 1.29 is 17.9 Å². The lowest BCUT2D eigenvalue weighted by Crippen LogP contribution is -2.13. The van der Waals surface area contributed by atoms with Crippen LogP contribution in [0, 0.1) is 6.92 Å². The molecule has 1 aliphatic rings. The second kappa shape index (κ2) is 5.56. The Morgan fingerprint density at radius 2 is 2.05 bits per heavy atom. The summed E-state index contributed by atoms with van der Waals surface area (Å²) in [6.45, 7) is 1.79. The van der Waals surface area contributed by atoms with Gasteiger partial charge in [-0.2, -0.15) is 5.10 Å². The summed E-state index contributed by atoms with van der Waals surface area (Å²) in [4.78, 5) is 8.63. The number of H-pyrrole nitrogens is 1. The maximum atomic E-state index is 12.1. The first kappa shape index (κ1) is 14.8. The van der Waals surface area contributed by atoms with Gasteiger partial charge in [0.05, 0.1) is 5.69 Å². The number of allylic oxidation sites excluding steroid dienone is 4. The number of thiazole rings is 1. The molecule has 0 atom stereocenters. The third-order valence-corrected chi connectivity index (χ3v) is 3.82. The van der Waals surface area contributed by atoms with Crippen LogP contribution in [0.3, 0.4) is 0 Å². The Morgan fingerprint density at radius 1 is 1.23 bits per heavy atom. The van der Waals surface area contributed by atoms with Crippen molar-refractivity contribution in [3.63, 3.8) is 0 Å². The molecule has 116 valence electrons. The molecule has 0 spiro atoms. The number of nitrogens with one attached hydrogen (secondary N) is 1. The molecular weight excluding hydrogens is 317 g/mol. The van der Waals surface area contributed by atoms with E-state index in [1.54, 1.807) is 13.0 Å². The largest absolute Gasteiger partial charge is 0.572 e. The van der Waals surface area contributed by atoms with Gasteiger partial charge >= 0.3 is 6.36 Å². The Kier molecular flexibility index (Phi) is 3.73. The summed E-state index contributed by atoms with van der Waals surface area (Å²) in [5, 5.41) is 9.29. The Labute approximate surface area is 127 Å². The van der Waals surface area contributed by atoms with Gasteiger partial charge in [0.15, 0.2) is 5.01 Å². The van der Waals surface area contributed by atoms with Crippen molar-refractivity contribution in [3.8, 4) is 10.8 Å². The monoisotopic (exact) mass is 328 g/mol. The number of aromatic amines is 1. The minimum Gasteiger partial charge on any atom is -0.410 e. The molecule has 1 N–H and O–H groups in total. The number of nitrogens with zero attached hydrogens (tertiary/aromatic N) is 3. The Balaban J connectivity index is 1.77. The lowest BCUT2D eigenvalue weighted by molar-refractivity contribution is -0.306. The van der Waals surface area contributed by atoms with E-state index in [0.29, 0.717) is 23.1 Å². The lowest BCUT2D eigenvalue weighted by atomic mass is 10.0. The van der Waals surface area contributed by atoms with E-state index in [1.165, 1.54) is 17.4 Å². The molecule has 0 saturated heterocycles. The number of alkyl halides is 3. The van der Waals surface area contributed by atoms with Crippen molar-refractivity contribution in [2.24, 2.45) is 0 Å². The van der Waals surface area contributed by atoms with Gasteiger partial charge in [0.1, 0.15) is 11.6 Å². The van der Waals surface area contributed by atoms with Gasteiger partial charge in [0, 0.05) is 11.8 Å². The smallest absolute Gasteiger partial charge is 0.410 e. The van der Waals surface area contributed by atoms with Gasteiger partial charge in [-0.25, -0.2) is 9.97 Å². The van der Waals surface area contributed by atoms with Crippen molar-refractivity contribution >= 4 is 16.9 Å². The number of aromatic nitrogens is 4. The van der Waals surface area contributed by atoms with E-state index in [2.05, 4.69) is 24.9 Å². The molecule has 0 aromatic carbocycles. The fourth-order valence-corrected chi connectivity index (χ4v) is 2.80. The van der Waals surface area contributed by atoms with Gasteiger partial charge in [0.2, 0.25) is 5.82 Å². The van der Waals surface area contributed by atoms with E-state index in [4.69, 9.17) is 0 Å². The molecule has 0 aliphatic heterocycles. The van der Waals surface area contributed by atoms with Gasteiger partial charge in [0.25, 0.3) is 0 Å². The molecule has 3 rings (SSSR count). The predicted molar refractivity (Wildman–Crippen MR) is 74.7 cm³/mol. The molecule has 9 heteroatoms. The van der Waals surface area contributed by atoms with Crippen molar-refractivity contribution in [2.45, 2.75) is 26.1 Å². The van der Waals surface area contributed by atoms with Crippen LogP contribution in [0.4, 0.5) is 13.2 Å². The highest BCUT2D eigenvalue weighted by molar-refractivity contribution is 7.13. The second-order valence-electron chi connectivity index (χ2n) is 4.66. The number of rotatable bonds is 3. The minimum absolute atomic E-state index is 0.0868. The van der Waals surface area contributed by atoms with E-state index >= 15 is 0 Å². The van der Waals surface area contributed by atoms with Gasteiger partial charge in [-0.15, -0.1) is 24.5 Å². The summed E-state index contributed by atoms with van der Waals surface area (Å²) < 4.78 is 40.3. The van der Waals surface area contributed by atoms with Crippen molar-refractivity contribution in [3.05, 3.63) is 34.8 Å². The quantitative estimate of drug-likeness (QED) is 0.930. The van der Waals surface area contributed by atoms with Gasteiger partial charge in [-0.1, -0.05) is 6.08 Å². The maximum Gasteiger partial charge on any atom is 0.572 e. The SMILES string of the molecule is Cc1nc(-c2nc(C3=CC=C(OC(F)(F)F)CC3)cs2)n[nH]1. The molecular formula is C13H11F3N4OS. The van der Waals surface area contributed by atoms with E-state index < -0.39 is 6.36 Å². The Morgan fingerprint density at radius 3 is 2.64 bits per heavy atom. The lowest BCUT2D eigenvalue weighted by Gasteiger charge is -2.16. The summed E-state index contributed by atoms with van der Waals surface area (Å²) in [7, 11) is 0. The van der Waals surface area contributed by atoms with Crippen LogP contribution in [0.15, 0.2) is 23.3 Å². The predicted octanol–water partition coefficient (Wildman–Crippen LogP) is 3.83. The first-order valence-electron chi connectivity index (χ1n) is 6.41. The number of ether oxygens (including phenoxy) is 1. The van der Waals surface area contributed by atoms with Crippen LogP contribution in [0.25, 0.3) is 16.4 Å². The Hall–Kier alpha value is -2.16. The average molecular weight is 328 g/mol. The number of hydrogen-bond donors (Lipinski definition) is 1. The van der Waals surface area contributed by atoms with Crippen LogP contribution in [0.2, 0.25) is 0 Å². The van der Waals surface area contributed by atoms with Gasteiger partial charge in [-0.05, 0) is 25.0 Å². The number of halogens is 3. The topological polar surface area (TPSA) is 63.7 Å². The minimum atomic E-state index is -4.64. The van der Waals surface area contributed by atoms with E-state index in [1.807, 2.05) is 5.38 Å². The molecule has 0 fully saturated rings. The van der Waals surface area contributed by atoms with Crippen molar-refractivity contribution in [1.82, 2.24) is 20.2 Å². The number of hydrogen-bond acceptors (Lipinski definition) is 5. The van der Waals surface area contributed by atoms with Gasteiger partial charge < -0.3 is 4.74 Å². The van der Waals surface area contributed by atoms with Crippen LogP contribution in [0.1, 0.15) is 24.4 Å². The van der Waals surface area contributed by atoms with E-state index in [9.17, 15) is 13.2 Å². The van der Waals surface area contributed by atoms with Crippen LogP contribution < -0.4 is 0 Å². The summed E-state index contributed by atoms with van der Waals surface area (Å²) >= 11 is 1.39. The third-order valence-electron chi connectivity index (χ3n) is 2.98. The molecule has 2 heterocycles. The zero-order chi connectivity index (χ0) is 15.7. The van der Waals surface area contributed by atoms with Crippen molar-refractivity contribution in [1.29, 1.82) is 0 Å². The van der Waals surface area contributed by atoms with Crippen molar-refractivity contribution in [2.75, 3.05) is 0 Å². The Bertz CT molecular complexity index is 745. The first-order valence-corrected chi connectivity index (χ1v) is 7.29. The summed E-state index contributed by atoms with van der Waals surface area (Å²) in [6, 6.07) is 0. The fourth-order valence-electron chi connectivity index (χ4n) is 2.03. The molecule has 0 saturated carbocycles. The van der Waals surface area contributed by atoms with E-state index in [-0.39, 0.29) is 12.2 Å². The van der Waals surface area contributed by atoms with Crippen LogP contribution in [-0.2, 0) is 4.74 Å². The van der Waals surface area contributed by atoms with Crippen LogP contribution >= 0.6 is 11.3 Å². The number of aryl methyl sites for hydroxylation is 1. The summed E-state index contributed by atoms with van der Waals surface area (Å²) in [5.74, 6) is 1.12. The molecule has 1 aliphatic carbocycles. The molecule has 5 nitrogen and oxygen atoms in total. The average Bonchev–Trinajstić information content (AvgIpc) is 3.06. The summed E-state index contributed by atoms with van der Waals surface area (Å²) in [5.41, 5.74) is 1.59. The highest BCUT2D eigenvalue weighted by Gasteiger charge is 2.32. The third kappa shape index (κ3) is 3.35. The van der Waals surface area contributed by atoms with E-state index in [0.717, 1.165) is 11.3 Å². The highest BCUT2D eigenvalue weighted by atomic mass is 32.1. The van der Waals surface area contributed by atoms with Crippen LogP contribution in [-0.4, -0.2) is 26.5 Å². The standard InChI is InChI=1S/C13H11F3N4OS/c1-7-17-11(20-19-7)12-18-10(6-22-12)8-2-4-9(5-3-8)21-13(14,15)16/h2,4,6H,3,5H2,1H3,(H,17,19,20). The fraction of sp³-hybridized carbons (Fsp3) is 0.308. The summed E-state index contributed by atoms with van der Waals surface area (Å²) in [6.07, 6.45) is -1.07. The molecule has 2 aromatic rings. The molecule has 0 radical (unpaired) electrons. The zero-order valence-electron chi connectivity index (χ0n) is 11.4. The first-order chi connectivity index (χ1) is 10.4. The molecule has 0 amide bonds. The van der Waals surface area contributed by atoms with Gasteiger partial charge in [-0.3, -0.25) is 5.10 Å². The van der Waals surface area contributed by atoms with Crippen LogP contribution in [0.5, 0.6) is 0 Å². The highest BCUT2D eigenvalue weighted by Crippen LogP contribution is 2.32.